The molecule has 1 fully saturated rings. The third-order valence-electron chi connectivity index (χ3n) is 5.45. The van der Waals surface area contributed by atoms with Crippen molar-refractivity contribution in [1.82, 2.24) is 4.90 Å². The first kappa shape index (κ1) is 18.6. The van der Waals surface area contributed by atoms with Gasteiger partial charge in [-0.05, 0) is 61.2 Å². The van der Waals surface area contributed by atoms with Gasteiger partial charge in [0.2, 0.25) is 5.78 Å². The first-order chi connectivity index (χ1) is 13.5. The molecule has 5 nitrogen and oxygen atoms in total. The van der Waals surface area contributed by atoms with Gasteiger partial charge in [-0.15, -0.1) is 0 Å². The lowest BCUT2D eigenvalue weighted by Crippen LogP contribution is -2.33. The van der Waals surface area contributed by atoms with Gasteiger partial charge in [0.15, 0.2) is 5.76 Å². The molecule has 2 heterocycles. The predicted octanol–water partition coefficient (Wildman–Crippen LogP) is 4.25. The normalized spacial score (nSPS) is 20.9. The number of nitrogens with zero attached hydrogens (tertiary/aromatic N) is 1. The van der Waals surface area contributed by atoms with Gasteiger partial charge in [0.05, 0.1) is 18.2 Å². The van der Waals surface area contributed by atoms with Crippen LogP contribution in [0.15, 0.2) is 42.2 Å². The molecule has 1 saturated heterocycles. The van der Waals surface area contributed by atoms with E-state index in [0.29, 0.717) is 29.3 Å². The maximum absolute atomic E-state index is 12.8. The van der Waals surface area contributed by atoms with E-state index in [4.69, 9.17) is 9.47 Å². The van der Waals surface area contributed by atoms with Crippen molar-refractivity contribution in [2.45, 2.75) is 26.3 Å². The summed E-state index contributed by atoms with van der Waals surface area (Å²) >= 11 is 0. The van der Waals surface area contributed by atoms with E-state index in [9.17, 15) is 9.90 Å². The molecule has 4 rings (SSSR count). The highest BCUT2D eigenvalue weighted by Gasteiger charge is 2.32. The Kier molecular flexibility index (Phi) is 5.09. The number of benzene rings is 2. The Labute approximate surface area is 165 Å². The molecule has 2 aromatic carbocycles. The van der Waals surface area contributed by atoms with Crippen LogP contribution >= 0.6 is 0 Å². The zero-order valence-electron chi connectivity index (χ0n) is 16.3. The minimum Gasteiger partial charge on any atom is -0.507 e. The third kappa shape index (κ3) is 3.62. The van der Waals surface area contributed by atoms with Gasteiger partial charge >= 0.3 is 0 Å². The Morgan fingerprint density at radius 1 is 1.25 bits per heavy atom. The molecule has 1 N–H and O–H groups in total. The monoisotopic (exact) mass is 379 g/mol. The molecule has 28 heavy (non-hydrogen) atoms. The summed E-state index contributed by atoms with van der Waals surface area (Å²) in [7, 11) is 1.62. The number of phenolic OH excluding ortho intramolecular Hbond substituents is 1. The largest absolute Gasteiger partial charge is 0.507 e. The lowest BCUT2D eigenvalue weighted by Gasteiger charge is -2.31. The highest BCUT2D eigenvalue weighted by atomic mass is 16.5. The van der Waals surface area contributed by atoms with Crippen LogP contribution in [0, 0.1) is 5.92 Å². The fourth-order valence-corrected chi connectivity index (χ4v) is 3.96. The molecule has 146 valence electrons. The summed E-state index contributed by atoms with van der Waals surface area (Å²) in [4.78, 5) is 15.1. The van der Waals surface area contributed by atoms with Crippen molar-refractivity contribution in [1.29, 1.82) is 0 Å². The number of carbonyl (C=O) groups excluding carboxylic acids is 1. The van der Waals surface area contributed by atoms with E-state index in [-0.39, 0.29) is 17.3 Å². The lowest BCUT2D eigenvalue weighted by molar-refractivity contribution is 0.101. The second kappa shape index (κ2) is 7.68. The zero-order chi connectivity index (χ0) is 19.7. The molecule has 0 amide bonds. The first-order valence-corrected chi connectivity index (χ1v) is 9.70. The van der Waals surface area contributed by atoms with E-state index < -0.39 is 0 Å². The minimum absolute atomic E-state index is 0.154. The van der Waals surface area contributed by atoms with E-state index in [0.717, 1.165) is 30.8 Å². The van der Waals surface area contributed by atoms with Gasteiger partial charge in [-0.3, -0.25) is 9.69 Å². The summed E-state index contributed by atoms with van der Waals surface area (Å²) in [6, 6.07) is 10.7. The number of allylic oxidation sites excluding steroid dienone is 1. The first-order valence-electron chi connectivity index (χ1n) is 9.70. The highest BCUT2D eigenvalue weighted by Crippen LogP contribution is 2.40. The lowest BCUT2D eigenvalue weighted by atomic mass is 9.99. The van der Waals surface area contributed by atoms with E-state index >= 15 is 0 Å². The van der Waals surface area contributed by atoms with Gasteiger partial charge in [-0.2, -0.15) is 0 Å². The molecule has 2 aromatic rings. The molecule has 0 aromatic heterocycles. The molecular formula is C23H25NO4. The van der Waals surface area contributed by atoms with Crippen LogP contribution in [0.25, 0.3) is 6.08 Å². The smallest absolute Gasteiger partial charge is 0.231 e. The number of hydrogen-bond donors (Lipinski definition) is 1. The molecule has 2 aliphatic heterocycles. The predicted molar refractivity (Wildman–Crippen MR) is 108 cm³/mol. The van der Waals surface area contributed by atoms with Crippen molar-refractivity contribution in [2.75, 3.05) is 20.2 Å². The Hall–Kier alpha value is -2.79. The topological polar surface area (TPSA) is 59.0 Å². The molecule has 0 saturated carbocycles. The summed E-state index contributed by atoms with van der Waals surface area (Å²) in [5, 5.41) is 10.4. The molecule has 1 atom stereocenters. The summed E-state index contributed by atoms with van der Waals surface area (Å²) in [5.41, 5.74) is 2.06. The van der Waals surface area contributed by atoms with Gasteiger partial charge in [0.1, 0.15) is 17.2 Å². The minimum atomic E-state index is -0.154. The van der Waals surface area contributed by atoms with Crippen LogP contribution in [-0.2, 0) is 6.54 Å². The van der Waals surface area contributed by atoms with Crippen LogP contribution in [0.5, 0.6) is 17.2 Å². The van der Waals surface area contributed by atoms with Gasteiger partial charge < -0.3 is 14.6 Å². The van der Waals surface area contributed by atoms with E-state index in [1.54, 1.807) is 25.3 Å². The van der Waals surface area contributed by atoms with Crippen molar-refractivity contribution >= 4 is 11.9 Å². The Morgan fingerprint density at radius 3 is 2.75 bits per heavy atom. The number of carbonyl (C=O) groups is 1. The van der Waals surface area contributed by atoms with E-state index in [1.165, 1.54) is 6.42 Å². The summed E-state index contributed by atoms with van der Waals surface area (Å²) in [6.07, 6.45) is 4.12. The SMILES string of the molecule is COc1ccc(/C=C2\Oc3c(ccc(O)c3CN3CCCC(C)C3)C2=O)cc1. The van der Waals surface area contributed by atoms with Crippen molar-refractivity contribution in [3.63, 3.8) is 0 Å². The molecule has 0 spiro atoms. The van der Waals surface area contributed by atoms with E-state index in [2.05, 4.69) is 11.8 Å². The second-order valence-corrected chi connectivity index (χ2v) is 7.64. The van der Waals surface area contributed by atoms with Crippen LogP contribution in [0.2, 0.25) is 0 Å². The quantitative estimate of drug-likeness (QED) is 0.805. The fourth-order valence-electron chi connectivity index (χ4n) is 3.96. The number of phenols is 1. The van der Waals surface area contributed by atoms with Gasteiger partial charge in [0, 0.05) is 13.1 Å². The van der Waals surface area contributed by atoms with Crippen molar-refractivity contribution < 1.29 is 19.4 Å². The van der Waals surface area contributed by atoms with Gasteiger partial charge in [-0.25, -0.2) is 0 Å². The maximum Gasteiger partial charge on any atom is 0.231 e. The Morgan fingerprint density at radius 2 is 2.04 bits per heavy atom. The number of hydrogen-bond acceptors (Lipinski definition) is 5. The maximum atomic E-state index is 12.8. The number of piperidine rings is 1. The van der Waals surface area contributed by atoms with Crippen LogP contribution in [0.1, 0.15) is 41.3 Å². The number of fused-ring (bicyclic) bond motifs is 1. The summed E-state index contributed by atoms with van der Waals surface area (Å²) in [6.45, 7) is 4.82. The van der Waals surface area contributed by atoms with Crippen LogP contribution in [0.3, 0.4) is 0 Å². The number of ketones is 1. The summed E-state index contributed by atoms with van der Waals surface area (Å²) < 4.78 is 11.1. The molecule has 0 radical (unpaired) electrons. The number of rotatable bonds is 4. The van der Waals surface area contributed by atoms with Crippen LogP contribution in [0.4, 0.5) is 0 Å². The molecule has 0 bridgehead atoms. The molecule has 1 unspecified atom stereocenters. The van der Waals surface area contributed by atoms with Crippen molar-refractivity contribution in [3.05, 3.63) is 58.8 Å². The van der Waals surface area contributed by atoms with Gasteiger partial charge in [-0.1, -0.05) is 19.1 Å². The molecule has 5 heteroatoms. The third-order valence-corrected chi connectivity index (χ3v) is 5.45. The molecule has 2 aliphatic rings. The van der Waals surface area contributed by atoms with Gasteiger partial charge in [0.25, 0.3) is 0 Å². The van der Waals surface area contributed by atoms with Crippen LogP contribution < -0.4 is 9.47 Å². The van der Waals surface area contributed by atoms with E-state index in [1.807, 2.05) is 24.3 Å². The van der Waals surface area contributed by atoms with Crippen molar-refractivity contribution in [3.8, 4) is 17.2 Å². The standard InChI is InChI=1S/C23H25NO4/c1-15-4-3-11-24(13-15)14-19-20(25)10-9-18-22(26)21(28-23(18)19)12-16-5-7-17(27-2)8-6-16/h5-10,12,15,25H,3-4,11,13-14H2,1-2H3/b21-12-. The average molecular weight is 379 g/mol. The zero-order valence-corrected chi connectivity index (χ0v) is 16.3. The Balaban J connectivity index is 1.61. The Bertz CT molecular complexity index is 917. The number of methoxy groups -OCH3 is 1. The van der Waals surface area contributed by atoms with Crippen LogP contribution in [-0.4, -0.2) is 36.0 Å². The molecule has 0 aliphatic carbocycles. The fraction of sp³-hybridized carbons (Fsp3) is 0.348. The number of ether oxygens (including phenoxy) is 2. The number of aromatic hydroxyl groups is 1. The highest BCUT2D eigenvalue weighted by molar-refractivity contribution is 6.15. The number of likely N-dealkylation sites (tertiary alicyclic amines) is 1. The molecular weight excluding hydrogens is 354 g/mol. The van der Waals surface area contributed by atoms with Crippen molar-refractivity contribution in [2.24, 2.45) is 5.92 Å². The summed E-state index contributed by atoms with van der Waals surface area (Å²) in [5.74, 6) is 2.18. The number of Topliss-reactive ketones (excluding diaryl/α,β-unsaturated/α-hetero) is 1. The second-order valence-electron chi connectivity index (χ2n) is 7.64. The average Bonchev–Trinajstić information content (AvgIpc) is 3.01.